The van der Waals surface area contributed by atoms with Crippen LogP contribution in [0.1, 0.15) is 32.8 Å². The van der Waals surface area contributed by atoms with Crippen LogP contribution >= 0.6 is 11.6 Å². The number of halogens is 2. The lowest BCUT2D eigenvalue weighted by molar-refractivity contribution is -0.113. The van der Waals surface area contributed by atoms with E-state index in [0.29, 0.717) is 29.8 Å². The van der Waals surface area contributed by atoms with Gasteiger partial charge in [0.25, 0.3) is 0 Å². The van der Waals surface area contributed by atoms with Crippen LogP contribution in [0.3, 0.4) is 0 Å². The van der Waals surface area contributed by atoms with Crippen LogP contribution in [-0.2, 0) is 4.79 Å². The Morgan fingerprint density at radius 1 is 1.37 bits per heavy atom. The minimum absolute atomic E-state index is 0.00181. The van der Waals surface area contributed by atoms with Crippen molar-refractivity contribution in [2.45, 2.75) is 27.2 Å². The van der Waals surface area contributed by atoms with Crippen LogP contribution in [0.2, 0.25) is 5.02 Å². The largest absolute Gasteiger partial charge is 0.330 e. The molecule has 0 spiro atoms. The molecule has 1 aromatic rings. The van der Waals surface area contributed by atoms with E-state index in [1.807, 2.05) is 31.0 Å². The van der Waals surface area contributed by atoms with Crippen molar-refractivity contribution in [1.82, 2.24) is 4.90 Å². The molecule has 3 nitrogen and oxygen atoms in total. The second-order valence-electron chi connectivity index (χ2n) is 6.43. The molecular formula is C22H24ClFN2O. The molecule has 27 heavy (non-hydrogen) atoms. The van der Waals surface area contributed by atoms with E-state index in [0.717, 1.165) is 16.8 Å². The quantitative estimate of drug-likeness (QED) is 0.669. The van der Waals surface area contributed by atoms with Gasteiger partial charge in [-0.05, 0) is 50.6 Å². The van der Waals surface area contributed by atoms with Crippen molar-refractivity contribution in [3.63, 3.8) is 0 Å². The molecule has 1 aliphatic heterocycles. The Morgan fingerprint density at radius 3 is 2.70 bits per heavy atom. The molecule has 0 saturated carbocycles. The Hall–Kier alpha value is -2.43. The number of Topliss-reactive ketones (excluding diaryl/α,β-unsaturated/α-hetero) is 1. The van der Waals surface area contributed by atoms with E-state index in [1.165, 1.54) is 13.0 Å². The molecule has 0 unspecified atom stereocenters. The van der Waals surface area contributed by atoms with Gasteiger partial charge in [-0.1, -0.05) is 42.5 Å². The molecule has 0 atom stereocenters. The third kappa shape index (κ3) is 4.85. The molecule has 5 heteroatoms. The van der Waals surface area contributed by atoms with Crippen molar-refractivity contribution in [2.24, 2.45) is 5.73 Å². The molecule has 0 radical (unpaired) electrons. The first kappa shape index (κ1) is 20.9. The van der Waals surface area contributed by atoms with Gasteiger partial charge in [-0.15, -0.1) is 0 Å². The third-order valence-electron chi connectivity index (χ3n) is 4.37. The topological polar surface area (TPSA) is 46.3 Å². The SMILES string of the molecule is C=C1C=C(C(C)=O)C(C)=CN1/C(CCN)=C(C)/C=C/c1cccc(Cl)c1F. The Labute approximate surface area is 165 Å². The average Bonchev–Trinajstić information content (AvgIpc) is 2.62. The van der Waals surface area contributed by atoms with Crippen molar-refractivity contribution in [3.05, 3.63) is 87.6 Å². The fourth-order valence-corrected chi connectivity index (χ4v) is 3.11. The minimum Gasteiger partial charge on any atom is -0.330 e. The molecular weight excluding hydrogens is 363 g/mol. The Morgan fingerprint density at radius 2 is 2.07 bits per heavy atom. The van der Waals surface area contributed by atoms with E-state index in [1.54, 1.807) is 24.3 Å². The van der Waals surface area contributed by atoms with Crippen molar-refractivity contribution in [2.75, 3.05) is 6.54 Å². The van der Waals surface area contributed by atoms with E-state index in [2.05, 4.69) is 6.58 Å². The summed E-state index contributed by atoms with van der Waals surface area (Å²) in [6.45, 7) is 9.88. The zero-order chi connectivity index (χ0) is 20.1. The second-order valence-corrected chi connectivity index (χ2v) is 6.84. The average molecular weight is 387 g/mol. The van der Waals surface area contributed by atoms with Gasteiger partial charge in [0.15, 0.2) is 5.78 Å². The number of allylic oxidation sites excluding steroid dienone is 5. The van der Waals surface area contributed by atoms with Gasteiger partial charge in [0.05, 0.1) is 5.02 Å². The van der Waals surface area contributed by atoms with Gasteiger partial charge >= 0.3 is 0 Å². The molecule has 0 saturated heterocycles. The van der Waals surface area contributed by atoms with Crippen LogP contribution in [0.15, 0.2) is 71.2 Å². The number of carbonyl (C=O) groups excluding carboxylic acids is 1. The monoisotopic (exact) mass is 386 g/mol. The standard InChI is InChI=1S/C22H24ClFN2O/c1-14(8-9-18-6-5-7-20(23)22(18)24)21(10-11-25)26-13-15(2)19(17(4)27)12-16(26)3/h5-9,12-13H,3,10-11,25H2,1-2,4H3/b9-8+,21-14+. The Bertz CT molecular complexity index is 894. The molecule has 2 rings (SSSR count). The highest BCUT2D eigenvalue weighted by Crippen LogP contribution is 2.29. The number of benzene rings is 1. The van der Waals surface area contributed by atoms with Gasteiger partial charge < -0.3 is 10.6 Å². The zero-order valence-electron chi connectivity index (χ0n) is 15.9. The first-order valence-electron chi connectivity index (χ1n) is 8.67. The summed E-state index contributed by atoms with van der Waals surface area (Å²) < 4.78 is 14.1. The lowest BCUT2D eigenvalue weighted by Gasteiger charge is -2.30. The zero-order valence-corrected chi connectivity index (χ0v) is 16.6. The summed E-state index contributed by atoms with van der Waals surface area (Å²) in [5.41, 5.74) is 10.3. The molecule has 0 bridgehead atoms. The number of ketones is 1. The van der Waals surface area contributed by atoms with Crippen LogP contribution in [0.25, 0.3) is 6.08 Å². The summed E-state index contributed by atoms with van der Waals surface area (Å²) in [6, 6.07) is 4.89. The van der Waals surface area contributed by atoms with Crippen LogP contribution in [-0.4, -0.2) is 17.2 Å². The number of hydrogen-bond donors (Lipinski definition) is 1. The summed E-state index contributed by atoms with van der Waals surface area (Å²) >= 11 is 5.84. The van der Waals surface area contributed by atoms with Gasteiger partial charge in [-0.2, -0.15) is 0 Å². The van der Waals surface area contributed by atoms with Crippen LogP contribution in [0.5, 0.6) is 0 Å². The maximum Gasteiger partial charge on any atom is 0.160 e. The van der Waals surface area contributed by atoms with Crippen molar-refractivity contribution >= 4 is 23.5 Å². The lowest BCUT2D eigenvalue weighted by Crippen LogP contribution is -2.23. The molecule has 142 valence electrons. The summed E-state index contributed by atoms with van der Waals surface area (Å²) in [6.07, 6.45) is 7.80. The van der Waals surface area contributed by atoms with Crippen molar-refractivity contribution in [1.29, 1.82) is 0 Å². The van der Waals surface area contributed by atoms with Crippen molar-refractivity contribution < 1.29 is 9.18 Å². The van der Waals surface area contributed by atoms with E-state index in [9.17, 15) is 9.18 Å². The molecule has 1 heterocycles. The highest BCUT2D eigenvalue weighted by molar-refractivity contribution is 6.30. The number of rotatable bonds is 6. The molecule has 1 aromatic carbocycles. The van der Waals surface area contributed by atoms with Crippen molar-refractivity contribution in [3.8, 4) is 0 Å². The highest BCUT2D eigenvalue weighted by Gasteiger charge is 2.19. The Kier molecular flexibility index (Phi) is 6.94. The third-order valence-corrected chi connectivity index (χ3v) is 4.66. The van der Waals surface area contributed by atoms with Crippen LogP contribution < -0.4 is 5.73 Å². The van der Waals surface area contributed by atoms with Gasteiger partial charge in [0.1, 0.15) is 5.82 Å². The maximum atomic E-state index is 14.1. The molecule has 0 amide bonds. The lowest BCUT2D eigenvalue weighted by atomic mass is 9.99. The maximum absolute atomic E-state index is 14.1. The molecule has 0 fully saturated rings. The number of nitrogens with two attached hydrogens (primary N) is 1. The van der Waals surface area contributed by atoms with E-state index >= 15 is 0 Å². The summed E-state index contributed by atoms with van der Waals surface area (Å²) in [5.74, 6) is -0.447. The molecule has 1 aliphatic rings. The fourth-order valence-electron chi connectivity index (χ4n) is 2.93. The predicted molar refractivity (Wildman–Crippen MR) is 110 cm³/mol. The summed E-state index contributed by atoms with van der Waals surface area (Å²) in [5, 5.41) is 0.0887. The molecule has 2 N–H and O–H groups in total. The number of hydrogen-bond acceptors (Lipinski definition) is 3. The normalized spacial score (nSPS) is 15.6. The first-order chi connectivity index (χ1) is 12.8. The minimum atomic E-state index is -0.448. The molecule has 0 aliphatic carbocycles. The van der Waals surface area contributed by atoms with E-state index in [-0.39, 0.29) is 10.8 Å². The highest BCUT2D eigenvalue weighted by atomic mass is 35.5. The molecule has 0 aromatic heterocycles. The van der Waals surface area contributed by atoms with Gasteiger partial charge in [-0.25, -0.2) is 4.39 Å². The first-order valence-corrected chi connectivity index (χ1v) is 9.05. The predicted octanol–water partition coefficient (Wildman–Crippen LogP) is 5.36. The van der Waals surface area contributed by atoms with E-state index in [4.69, 9.17) is 17.3 Å². The van der Waals surface area contributed by atoms with Gasteiger partial charge in [0.2, 0.25) is 0 Å². The van der Waals surface area contributed by atoms with Gasteiger partial charge in [0, 0.05) is 35.2 Å². The second kappa shape index (κ2) is 8.98. The summed E-state index contributed by atoms with van der Waals surface area (Å²) in [4.78, 5) is 13.7. The fraction of sp³-hybridized carbons (Fsp3) is 0.227. The Balaban J connectivity index is 2.41. The van der Waals surface area contributed by atoms with Crippen LogP contribution in [0, 0.1) is 5.82 Å². The number of carbonyl (C=O) groups is 1. The van der Waals surface area contributed by atoms with Crippen LogP contribution in [0.4, 0.5) is 4.39 Å². The smallest absolute Gasteiger partial charge is 0.160 e. The summed E-state index contributed by atoms with van der Waals surface area (Å²) in [7, 11) is 0. The number of nitrogens with zero attached hydrogens (tertiary/aromatic N) is 1. The van der Waals surface area contributed by atoms with E-state index < -0.39 is 5.82 Å². The van der Waals surface area contributed by atoms with Gasteiger partial charge in [-0.3, -0.25) is 4.79 Å².